The maximum atomic E-state index is 12.8. The van der Waals surface area contributed by atoms with E-state index in [1.165, 1.54) is 0 Å². The number of nitrogens with one attached hydrogen (secondary N) is 3. The minimum absolute atomic E-state index is 0.00670. The number of aromatic amines is 2. The van der Waals surface area contributed by atoms with Crippen LogP contribution in [0.25, 0.3) is 44.8 Å². The fourth-order valence-electron chi connectivity index (χ4n) is 4.79. The number of H-pyrrole nitrogens is 2. The SMILES string of the molecule is CN(C)CCCOc1ccc2nc(-c3ccc(-c4nc5ccc(C(=O)CCCNC(=O)OC(C)(C)C)cc5[nH]4)cc3)[nH]c2c1. The Hall–Kier alpha value is -4.70. The molecule has 10 heteroatoms. The smallest absolute Gasteiger partial charge is 0.407 e. The number of rotatable bonds is 12. The lowest BCUT2D eigenvalue weighted by Gasteiger charge is -2.19. The van der Waals surface area contributed by atoms with Crippen molar-refractivity contribution >= 4 is 33.9 Å². The van der Waals surface area contributed by atoms with Crippen molar-refractivity contribution in [3.8, 4) is 28.5 Å². The van der Waals surface area contributed by atoms with Crippen molar-refractivity contribution < 1.29 is 19.1 Å². The van der Waals surface area contributed by atoms with Gasteiger partial charge in [-0.05, 0) is 78.0 Å². The summed E-state index contributed by atoms with van der Waals surface area (Å²) in [4.78, 5) is 43.0. The molecule has 230 valence electrons. The molecule has 1 amide bonds. The Balaban J connectivity index is 1.20. The number of hydrogen-bond acceptors (Lipinski definition) is 7. The molecule has 0 bridgehead atoms. The minimum Gasteiger partial charge on any atom is -0.493 e. The number of amides is 1. The first-order valence-corrected chi connectivity index (χ1v) is 14.9. The van der Waals surface area contributed by atoms with Crippen LogP contribution in [0.1, 0.15) is 50.4 Å². The van der Waals surface area contributed by atoms with E-state index in [4.69, 9.17) is 19.4 Å². The van der Waals surface area contributed by atoms with E-state index < -0.39 is 11.7 Å². The molecule has 0 spiro atoms. The van der Waals surface area contributed by atoms with Crippen LogP contribution in [-0.4, -0.2) is 76.1 Å². The van der Waals surface area contributed by atoms with E-state index in [0.29, 0.717) is 31.6 Å². The third-order valence-corrected chi connectivity index (χ3v) is 6.96. The van der Waals surface area contributed by atoms with E-state index in [2.05, 4.69) is 34.3 Å². The van der Waals surface area contributed by atoms with Crippen LogP contribution in [-0.2, 0) is 4.74 Å². The monoisotopic (exact) mass is 596 g/mol. The van der Waals surface area contributed by atoms with Gasteiger partial charge in [-0.15, -0.1) is 0 Å². The molecule has 2 aromatic heterocycles. The minimum atomic E-state index is -0.555. The molecule has 2 heterocycles. The number of carbonyl (C=O) groups is 2. The first-order valence-electron chi connectivity index (χ1n) is 14.9. The Bertz CT molecular complexity index is 1750. The summed E-state index contributed by atoms with van der Waals surface area (Å²) in [6.45, 7) is 7.45. The van der Waals surface area contributed by atoms with Crippen molar-refractivity contribution in [1.29, 1.82) is 0 Å². The molecule has 3 N–H and O–H groups in total. The third-order valence-electron chi connectivity index (χ3n) is 6.96. The van der Waals surface area contributed by atoms with E-state index in [-0.39, 0.29) is 5.78 Å². The number of imidazole rings is 2. The van der Waals surface area contributed by atoms with E-state index in [9.17, 15) is 9.59 Å². The Morgan fingerprint density at radius 3 is 2.07 bits per heavy atom. The Labute approximate surface area is 257 Å². The first-order chi connectivity index (χ1) is 21.0. The van der Waals surface area contributed by atoms with Crippen molar-refractivity contribution in [2.24, 2.45) is 0 Å². The summed E-state index contributed by atoms with van der Waals surface area (Å²) in [6.07, 6.45) is 1.32. The number of ether oxygens (including phenoxy) is 2. The highest BCUT2D eigenvalue weighted by Crippen LogP contribution is 2.27. The van der Waals surface area contributed by atoms with Gasteiger partial charge in [0.05, 0.1) is 28.7 Å². The molecule has 0 radical (unpaired) electrons. The predicted molar refractivity (Wildman–Crippen MR) is 173 cm³/mol. The normalized spacial score (nSPS) is 11.8. The van der Waals surface area contributed by atoms with E-state index in [0.717, 1.165) is 63.6 Å². The van der Waals surface area contributed by atoms with Gasteiger partial charge in [-0.3, -0.25) is 4.79 Å². The zero-order valence-corrected chi connectivity index (χ0v) is 26.0. The van der Waals surface area contributed by atoms with Gasteiger partial charge in [-0.25, -0.2) is 14.8 Å². The summed E-state index contributed by atoms with van der Waals surface area (Å²) >= 11 is 0. The highest BCUT2D eigenvalue weighted by atomic mass is 16.6. The zero-order chi connectivity index (χ0) is 31.3. The number of nitrogens with zero attached hydrogens (tertiary/aromatic N) is 3. The quantitative estimate of drug-likeness (QED) is 0.110. The van der Waals surface area contributed by atoms with Gasteiger partial charge in [-0.2, -0.15) is 0 Å². The summed E-state index contributed by atoms with van der Waals surface area (Å²) in [5, 5.41) is 2.69. The molecule has 0 fully saturated rings. The zero-order valence-electron chi connectivity index (χ0n) is 26.0. The molecule has 5 aromatic rings. The van der Waals surface area contributed by atoms with Crippen LogP contribution in [0.4, 0.5) is 4.79 Å². The molecule has 0 aliphatic carbocycles. The van der Waals surface area contributed by atoms with Gasteiger partial charge >= 0.3 is 6.09 Å². The number of fused-ring (bicyclic) bond motifs is 2. The van der Waals surface area contributed by atoms with E-state index >= 15 is 0 Å². The molecule has 0 aliphatic rings. The molecule has 0 aliphatic heterocycles. The fraction of sp³-hybridized carbons (Fsp3) is 0.353. The lowest BCUT2D eigenvalue weighted by Crippen LogP contribution is -2.33. The number of aromatic nitrogens is 4. The van der Waals surface area contributed by atoms with Crippen molar-refractivity contribution in [2.75, 3.05) is 33.8 Å². The Morgan fingerprint density at radius 2 is 1.45 bits per heavy atom. The average Bonchev–Trinajstić information content (AvgIpc) is 3.60. The van der Waals surface area contributed by atoms with Crippen LogP contribution >= 0.6 is 0 Å². The van der Waals surface area contributed by atoms with Crippen LogP contribution in [0.15, 0.2) is 60.7 Å². The highest BCUT2D eigenvalue weighted by molar-refractivity contribution is 5.99. The molecular formula is C34H40N6O4. The maximum absolute atomic E-state index is 12.8. The third kappa shape index (κ3) is 8.02. The number of benzene rings is 3. The topological polar surface area (TPSA) is 125 Å². The van der Waals surface area contributed by atoms with Crippen molar-refractivity contribution in [3.63, 3.8) is 0 Å². The summed E-state index contributed by atoms with van der Waals surface area (Å²) in [7, 11) is 4.11. The summed E-state index contributed by atoms with van der Waals surface area (Å²) in [6, 6.07) is 19.4. The second-order valence-electron chi connectivity index (χ2n) is 12.1. The number of carbonyl (C=O) groups excluding carboxylic acids is 2. The summed E-state index contributed by atoms with van der Waals surface area (Å²) in [5.41, 5.74) is 5.32. The Morgan fingerprint density at radius 1 is 0.841 bits per heavy atom. The van der Waals surface area contributed by atoms with Crippen molar-refractivity contribution in [3.05, 3.63) is 66.2 Å². The van der Waals surface area contributed by atoms with Crippen molar-refractivity contribution in [1.82, 2.24) is 30.2 Å². The van der Waals surface area contributed by atoms with E-state index in [1.54, 1.807) is 6.07 Å². The van der Waals surface area contributed by atoms with Crippen LogP contribution < -0.4 is 10.1 Å². The molecule has 0 saturated carbocycles. The van der Waals surface area contributed by atoms with Gasteiger partial charge in [0.25, 0.3) is 0 Å². The van der Waals surface area contributed by atoms with Crippen molar-refractivity contribution in [2.45, 2.75) is 45.6 Å². The van der Waals surface area contributed by atoms with Crippen LogP contribution in [0, 0.1) is 0 Å². The van der Waals surface area contributed by atoms with Gasteiger partial charge in [0.15, 0.2) is 5.78 Å². The molecular weight excluding hydrogens is 556 g/mol. The molecule has 0 atom stereocenters. The summed E-state index contributed by atoms with van der Waals surface area (Å²) < 4.78 is 11.1. The molecule has 10 nitrogen and oxygen atoms in total. The molecule has 5 rings (SSSR count). The largest absolute Gasteiger partial charge is 0.493 e. The van der Waals surface area contributed by atoms with Gasteiger partial charge in [0, 0.05) is 42.3 Å². The second-order valence-corrected chi connectivity index (χ2v) is 12.1. The predicted octanol–water partition coefficient (Wildman–Crippen LogP) is 6.59. The Kier molecular flexibility index (Phi) is 9.29. The number of Topliss-reactive ketones (excluding diaryl/α,β-unsaturated/α-hetero) is 1. The lowest BCUT2D eigenvalue weighted by molar-refractivity contribution is 0.0525. The van der Waals surface area contributed by atoms with Gasteiger partial charge in [-0.1, -0.05) is 24.3 Å². The average molecular weight is 597 g/mol. The van der Waals surface area contributed by atoms with Gasteiger partial charge < -0.3 is 29.7 Å². The number of hydrogen-bond donors (Lipinski definition) is 3. The molecule has 44 heavy (non-hydrogen) atoms. The molecule has 0 unspecified atom stereocenters. The fourth-order valence-corrected chi connectivity index (χ4v) is 4.79. The number of alkyl carbamates (subject to hydrolysis) is 1. The standard InChI is InChI=1S/C34H40N6O4/c1-34(2,3)44-33(42)35-17-6-8-30(41)24-13-15-26-28(20-24)38-31(36-26)22-9-11-23(12-10-22)32-37-27-16-14-25(21-29(27)39-32)43-19-7-18-40(4)5/h9-16,20-21H,6-8,17-19H2,1-5H3,(H,35,42)(H,36,38)(H,37,39). The lowest BCUT2D eigenvalue weighted by atomic mass is 10.1. The summed E-state index contributed by atoms with van der Waals surface area (Å²) in [5.74, 6) is 2.34. The van der Waals surface area contributed by atoms with Crippen LogP contribution in [0.5, 0.6) is 5.75 Å². The van der Waals surface area contributed by atoms with Crippen LogP contribution in [0.2, 0.25) is 0 Å². The number of ketones is 1. The first kappa shape index (κ1) is 30.7. The maximum Gasteiger partial charge on any atom is 0.407 e. The van der Waals surface area contributed by atoms with Crippen LogP contribution in [0.3, 0.4) is 0 Å². The van der Waals surface area contributed by atoms with E-state index in [1.807, 2.05) is 75.4 Å². The second kappa shape index (κ2) is 13.3. The highest BCUT2D eigenvalue weighted by Gasteiger charge is 2.16. The molecule has 3 aromatic carbocycles. The van der Waals surface area contributed by atoms with Gasteiger partial charge in [0.2, 0.25) is 0 Å². The molecule has 0 saturated heterocycles. The van der Waals surface area contributed by atoms with Gasteiger partial charge in [0.1, 0.15) is 23.0 Å².